The van der Waals surface area contributed by atoms with Gasteiger partial charge < -0.3 is 9.84 Å². The molecular formula is C33H40N2O2. The summed E-state index contributed by atoms with van der Waals surface area (Å²) in [4.78, 5) is 9.20. The summed E-state index contributed by atoms with van der Waals surface area (Å²) in [5.74, 6) is 0. The Morgan fingerprint density at radius 3 is 1.51 bits per heavy atom. The second-order valence-corrected chi connectivity index (χ2v) is 9.79. The number of ether oxygens (including phenoxy) is 1. The van der Waals surface area contributed by atoms with E-state index in [-0.39, 0.29) is 6.61 Å². The number of pyridine rings is 2. The fourth-order valence-electron chi connectivity index (χ4n) is 4.90. The van der Waals surface area contributed by atoms with Crippen molar-refractivity contribution in [2.24, 2.45) is 0 Å². The largest absolute Gasteiger partial charge is 0.390 e. The zero-order chi connectivity index (χ0) is 26.9. The van der Waals surface area contributed by atoms with Crippen molar-refractivity contribution in [2.75, 3.05) is 6.61 Å². The lowest BCUT2D eigenvalue weighted by Crippen LogP contribution is -1.99. The Morgan fingerprint density at radius 1 is 0.649 bits per heavy atom. The molecule has 194 valence electrons. The Labute approximate surface area is 222 Å². The summed E-state index contributed by atoms with van der Waals surface area (Å²) in [6, 6.07) is 20.7. The second-order valence-electron chi connectivity index (χ2n) is 9.79. The van der Waals surface area contributed by atoms with E-state index in [1.54, 1.807) is 0 Å². The molecule has 2 heterocycles. The summed E-state index contributed by atoms with van der Waals surface area (Å²) in [7, 11) is 0. The van der Waals surface area contributed by atoms with Crippen LogP contribution in [-0.2, 0) is 18.0 Å². The number of aliphatic hydroxyl groups excluding tert-OH is 1. The molecule has 0 atom stereocenters. The summed E-state index contributed by atoms with van der Waals surface area (Å²) < 4.78 is 5.58. The molecule has 0 saturated carbocycles. The van der Waals surface area contributed by atoms with E-state index < -0.39 is 0 Å². The molecule has 1 N–H and O–H groups in total. The zero-order valence-electron chi connectivity index (χ0n) is 23.4. The topological polar surface area (TPSA) is 55.2 Å². The molecule has 0 fully saturated rings. The fourth-order valence-corrected chi connectivity index (χ4v) is 4.90. The number of aryl methyl sites for hydroxylation is 6. The lowest BCUT2D eigenvalue weighted by molar-refractivity contribution is 0.119. The highest BCUT2D eigenvalue weighted by atomic mass is 16.5. The van der Waals surface area contributed by atoms with Gasteiger partial charge >= 0.3 is 0 Å². The van der Waals surface area contributed by atoms with Gasteiger partial charge in [-0.1, -0.05) is 54.4 Å². The maximum atomic E-state index is 9.13. The van der Waals surface area contributed by atoms with Crippen LogP contribution in [0, 0.1) is 41.5 Å². The van der Waals surface area contributed by atoms with Gasteiger partial charge in [-0.3, -0.25) is 9.97 Å². The van der Waals surface area contributed by atoms with Gasteiger partial charge in [-0.2, -0.15) is 0 Å². The van der Waals surface area contributed by atoms with Gasteiger partial charge in [0.05, 0.1) is 36.0 Å². The number of aromatic nitrogens is 2. The predicted octanol–water partition coefficient (Wildman–Crippen LogP) is 7.77. The van der Waals surface area contributed by atoms with E-state index in [1.807, 2.05) is 24.3 Å². The number of benzene rings is 2. The quantitative estimate of drug-likeness (QED) is 0.266. The van der Waals surface area contributed by atoms with Gasteiger partial charge in [0, 0.05) is 17.7 Å². The van der Waals surface area contributed by atoms with Crippen molar-refractivity contribution in [3.05, 3.63) is 105 Å². The summed E-state index contributed by atoms with van der Waals surface area (Å²) in [6.45, 7) is 16.2. The third kappa shape index (κ3) is 7.58. The predicted molar refractivity (Wildman–Crippen MR) is 154 cm³/mol. The van der Waals surface area contributed by atoms with E-state index in [4.69, 9.17) is 14.8 Å². The van der Waals surface area contributed by atoms with E-state index >= 15 is 0 Å². The number of nitrogens with zero attached hydrogens (tertiary/aromatic N) is 2. The van der Waals surface area contributed by atoms with Crippen LogP contribution >= 0.6 is 0 Å². The first-order chi connectivity index (χ1) is 17.7. The fraction of sp³-hybridized carbons (Fsp3) is 0.333. The second kappa shape index (κ2) is 13.3. The Bertz CT molecular complexity index is 1300. The Kier molecular flexibility index (Phi) is 10.1. The minimum absolute atomic E-state index is 0.0161. The first-order valence-corrected chi connectivity index (χ1v) is 13.0. The van der Waals surface area contributed by atoms with Gasteiger partial charge in [0.2, 0.25) is 0 Å². The smallest absolute Gasteiger partial charge is 0.0888 e. The molecule has 4 rings (SSSR count). The van der Waals surface area contributed by atoms with Crippen LogP contribution in [0.25, 0.3) is 22.5 Å². The summed E-state index contributed by atoms with van der Waals surface area (Å²) in [5.41, 5.74) is 13.7. The summed E-state index contributed by atoms with van der Waals surface area (Å²) in [5, 5.41) is 9.13. The average Bonchev–Trinajstić information content (AvgIpc) is 2.84. The van der Waals surface area contributed by atoms with Crippen molar-refractivity contribution >= 4 is 0 Å². The molecule has 0 spiro atoms. The molecule has 0 radical (unpaired) electrons. The molecular weight excluding hydrogens is 456 g/mol. The molecule has 0 aliphatic rings. The highest BCUT2D eigenvalue weighted by Crippen LogP contribution is 2.28. The molecule has 0 saturated heterocycles. The van der Waals surface area contributed by atoms with Gasteiger partial charge in [-0.05, 0) is 94.5 Å². The number of rotatable bonds is 7. The lowest BCUT2D eigenvalue weighted by atomic mass is 9.97. The summed E-state index contributed by atoms with van der Waals surface area (Å²) in [6.07, 6.45) is 1.04. The van der Waals surface area contributed by atoms with Crippen LogP contribution in [0.2, 0.25) is 0 Å². The standard InChI is InChI=1S/C18H23NO.C15H17NO/c1-5-9-20-12-16-7-6-8-17(19-16)18-14(3)10-13(2)11-15(18)4;1-10-7-11(2)15(12(3)8-10)14-6-4-5-13(9-17)16-14/h6-8,10-11H,5,9,12H2,1-4H3;4-8,17H,9H2,1-3H3. The normalized spacial score (nSPS) is 10.7. The number of aliphatic hydroxyl groups is 1. The molecule has 4 nitrogen and oxygen atoms in total. The molecule has 2 aromatic carbocycles. The maximum absolute atomic E-state index is 9.13. The number of hydrogen-bond donors (Lipinski definition) is 1. The lowest BCUT2D eigenvalue weighted by Gasteiger charge is -2.12. The maximum Gasteiger partial charge on any atom is 0.0888 e. The van der Waals surface area contributed by atoms with Crippen LogP contribution < -0.4 is 0 Å². The zero-order valence-corrected chi connectivity index (χ0v) is 23.4. The molecule has 0 amide bonds. The van der Waals surface area contributed by atoms with Gasteiger partial charge in [0.15, 0.2) is 0 Å². The molecule has 2 aromatic heterocycles. The minimum atomic E-state index is -0.0161. The van der Waals surface area contributed by atoms with Gasteiger partial charge in [-0.25, -0.2) is 0 Å². The van der Waals surface area contributed by atoms with Crippen molar-refractivity contribution in [2.45, 2.75) is 68.1 Å². The SMILES string of the molecule is CCCOCc1cccc(-c2c(C)cc(C)cc2C)n1.Cc1cc(C)c(-c2cccc(CO)n2)c(C)c1. The Balaban J connectivity index is 0.000000208. The van der Waals surface area contributed by atoms with Crippen LogP contribution in [-0.4, -0.2) is 21.7 Å². The molecule has 0 bridgehead atoms. The number of hydrogen-bond acceptors (Lipinski definition) is 4. The van der Waals surface area contributed by atoms with Gasteiger partial charge in [-0.15, -0.1) is 0 Å². The first-order valence-electron chi connectivity index (χ1n) is 13.0. The third-order valence-corrected chi connectivity index (χ3v) is 6.24. The average molecular weight is 497 g/mol. The van der Waals surface area contributed by atoms with Crippen molar-refractivity contribution < 1.29 is 9.84 Å². The van der Waals surface area contributed by atoms with Crippen LogP contribution in [0.4, 0.5) is 0 Å². The molecule has 0 unspecified atom stereocenters. The van der Waals surface area contributed by atoms with Crippen LogP contribution in [0.3, 0.4) is 0 Å². The molecule has 4 aromatic rings. The molecule has 4 heteroatoms. The van der Waals surface area contributed by atoms with E-state index in [1.165, 1.54) is 44.5 Å². The van der Waals surface area contributed by atoms with Gasteiger partial charge in [0.1, 0.15) is 0 Å². The monoisotopic (exact) mass is 496 g/mol. The van der Waals surface area contributed by atoms with Crippen molar-refractivity contribution in [3.63, 3.8) is 0 Å². The van der Waals surface area contributed by atoms with E-state index in [0.29, 0.717) is 12.3 Å². The highest BCUT2D eigenvalue weighted by molar-refractivity contribution is 5.69. The van der Waals surface area contributed by atoms with E-state index in [2.05, 4.69) is 89.8 Å². The Hall–Kier alpha value is -3.34. The van der Waals surface area contributed by atoms with Crippen molar-refractivity contribution in [1.82, 2.24) is 9.97 Å². The highest BCUT2D eigenvalue weighted by Gasteiger charge is 2.09. The van der Waals surface area contributed by atoms with Gasteiger partial charge in [0.25, 0.3) is 0 Å². The van der Waals surface area contributed by atoms with Crippen molar-refractivity contribution in [1.29, 1.82) is 0 Å². The summed E-state index contributed by atoms with van der Waals surface area (Å²) >= 11 is 0. The third-order valence-electron chi connectivity index (χ3n) is 6.24. The van der Waals surface area contributed by atoms with E-state index in [0.717, 1.165) is 30.1 Å². The van der Waals surface area contributed by atoms with Crippen LogP contribution in [0.5, 0.6) is 0 Å². The van der Waals surface area contributed by atoms with Crippen LogP contribution in [0.15, 0.2) is 60.7 Å². The molecule has 37 heavy (non-hydrogen) atoms. The minimum Gasteiger partial charge on any atom is -0.390 e. The van der Waals surface area contributed by atoms with E-state index in [9.17, 15) is 0 Å². The molecule has 0 aliphatic carbocycles. The van der Waals surface area contributed by atoms with Crippen LogP contribution in [0.1, 0.15) is 58.1 Å². The molecule has 0 aliphatic heterocycles. The van der Waals surface area contributed by atoms with Crippen molar-refractivity contribution in [3.8, 4) is 22.5 Å². The first kappa shape index (κ1) is 28.2. The Morgan fingerprint density at radius 2 is 1.08 bits per heavy atom.